The van der Waals surface area contributed by atoms with E-state index in [1.165, 1.54) is 6.20 Å². The molecule has 2 heterocycles. The second-order valence-corrected chi connectivity index (χ2v) is 11.2. The average molecular weight is 524 g/mol. The number of piperazine rings is 1. The molecule has 4 N–H and O–H groups in total. The van der Waals surface area contributed by atoms with Crippen LogP contribution in [0.15, 0.2) is 59.6 Å². The van der Waals surface area contributed by atoms with Gasteiger partial charge < -0.3 is 25.5 Å². The number of hydrogen-bond donors (Lipinski definition) is 4. The number of hydrogen-bond acceptors (Lipinski definition) is 8. The molecule has 0 bridgehead atoms. The number of aromatic carboxylic acids is 1. The molecule has 0 aliphatic carbocycles. The van der Waals surface area contributed by atoms with E-state index in [0.717, 1.165) is 37.6 Å². The largest absolute Gasteiger partial charge is 0.477 e. The summed E-state index contributed by atoms with van der Waals surface area (Å²) < 4.78 is 15.7. The van der Waals surface area contributed by atoms with Crippen LogP contribution in [0.4, 0.5) is 28.8 Å². The van der Waals surface area contributed by atoms with E-state index in [-0.39, 0.29) is 22.9 Å². The van der Waals surface area contributed by atoms with Crippen LogP contribution in [-0.4, -0.2) is 68.9 Å². The predicted octanol–water partition coefficient (Wildman–Crippen LogP) is 3.82. The highest BCUT2D eigenvalue weighted by Crippen LogP contribution is 2.25. The zero-order valence-electron chi connectivity index (χ0n) is 21.5. The quantitative estimate of drug-likeness (QED) is 0.349. The Balaban J connectivity index is 1.51. The maximum absolute atomic E-state index is 12.7. The summed E-state index contributed by atoms with van der Waals surface area (Å²) in [5, 5.41) is 15.9. The van der Waals surface area contributed by atoms with E-state index in [9.17, 15) is 14.1 Å². The molecule has 196 valence electrons. The van der Waals surface area contributed by atoms with Crippen molar-refractivity contribution in [2.75, 3.05) is 48.8 Å². The van der Waals surface area contributed by atoms with Crippen molar-refractivity contribution in [1.82, 2.24) is 19.6 Å². The minimum Gasteiger partial charge on any atom is -0.477 e. The topological polar surface area (TPSA) is 123 Å². The molecule has 1 atom stereocenters. The Morgan fingerprint density at radius 2 is 1.70 bits per heavy atom. The van der Waals surface area contributed by atoms with Gasteiger partial charge >= 0.3 is 5.97 Å². The second-order valence-electron chi connectivity index (χ2n) is 10.00. The van der Waals surface area contributed by atoms with Crippen molar-refractivity contribution in [3.05, 3.63) is 60.3 Å². The molecule has 10 nitrogen and oxygen atoms in total. The molecule has 1 saturated heterocycles. The molecule has 37 heavy (non-hydrogen) atoms. The smallest absolute Gasteiger partial charge is 0.341 e. The van der Waals surface area contributed by atoms with Gasteiger partial charge in [-0.1, -0.05) is 6.07 Å². The fraction of sp³-hybridized carbons (Fsp3) is 0.346. The number of likely N-dealkylation sites (N-methyl/N-ethyl adjacent to an activating group) is 1. The summed E-state index contributed by atoms with van der Waals surface area (Å²) in [5.41, 5.74) is 2.10. The van der Waals surface area contributed by atoms with Gasteiger partial charge in [-0.15, -0.1) is 0 Å². The van der Waals surface area contributed by atoms with Gasteiger partial charge in [0.1, 0.15) is 16.5 Å². The lowest BCUT2D eigenvalue weighted by Gasteiger charge is -2.34. The Labute approximate surface area is 219 Å². The van der Waals surface area contributed by atoms with Crippen LogP contribution in [0.2, 0.25) is 0 Å². The van der Waals surface area contributed by atoms with Crippen molar-refractivity contribution in [1.29, 1.82) is 0 Å². The van der Waals surface area contributed by atoms with Crippen molar-refractivity contribution in [2.45, 2.75) is 31.2 Å². The first-order valence-corrected chi connectivity index (χ1v) is 13.2. The highest BCUT2D eigenvalue weighted by Gasteiger charge is 2.18. The molecule has 1 aromatic heterocycles. The molecule has 11 heteroatoms. The number of aromatic nitrogens is 2. The zero-order valence-corrected chi connectivity index (χ0v) is 22.3. The predicted molar refractivity (Wildman–Crippen MR) is 147 cm³/mol. The Bertz CT molecular complexity index is 1270. The van der Waals surface area contributed by atoms with Crippen LogP contribution in [0.25, 0.3) is 0 Å². The normalized spacial score (nSPS) is 15.3. The van der Waals surface area contributed by atoms with Crippen LogP contribution >= 0.6 is 0 Å². The number of nitrogens with one attached hydrogen (secondary N) is 3. The number of benzene rings is 2. The van der Waals surface area contributed by atoms with Gasteiger partial charge in [-0.3, -0.25) is 0 Å². The summed E-state index contributed by atoms with van der Waals surface area (Å²) >= 11 is 0. The number of carbonyl (C=O) groups is 1. The maximum atomic E-state index is 12.7. The van der Waals surface area contributed by atoms with Gasteiger partial charge in [0.2, 0.25) is 5.95 Å². The maximum Gasteiger partial charge on any atom is 0.341 e. The van der Waals surface area contributed by atoms with E-state index >= 15 is 0 Å². The van der Waals surface area contributed by atoms with E-state index in [4.69, 9.17) is 0 Å². The number of carboxylic acid groups (broad SMARTS) is 1. The molecule has 0 amide bonds. The van der Waals surface area contributed by atoms with Crippen LogP contribution in [0, 0.1) is 0 Å². The summed E-state index contributed by atoms with van der Waals surface area (Å²) in [7, 11) is 0.701. The molecular formula is C26H33N7O3S. The van der Waals surface area contributed by atoms with Gasteiger partial charge in [0.25, 0.3) is 0 Å². The van der Waals surface area contributed by atoms with E-state index in [2.05, 4.69) is 54.3 Å². The fourth-order valence-electron chi connectivity index (χ4n) is 3.81. The van der Waals surface area contributed by atoms with Crippen LogP contribution < -0.4 is 20.3 Å². The lowest BCUT2D eigenvalue weighted by Crippen LogP contribution is -2.44. The van der Waals surface area contributed by atoms with Crippen LogP contribution in [0.3, 0.4) is 0 Å². The van der Waals surface area contributed by atoms with E-state index in [1.54, 1.807) is 24.3 Å². The third-order valence-corrected chi connectivity index (χ3v) is 7.20. The fourth-order valence-corrected chi connectivity index (χ4v) is 4.92. The van der Waals surface area contributed by atoms with Gasteiger partial charge in [0.15, 0.2) is 5.82 Å². The molecule has 4 rings (SSSR count). The summed E-state index contributed by atoms with van der Waals surface area (Å²) in [6.45, 7) is 9.83. The van der Waals surface area contributed by atoms with Crippen molar-refractivity contribution < 1.29 is 14.1 Å². The molecule has 2 aromatic carbocycles. The minimum absolute atomic E-state index is 0.0738. The number of anilines is 5. The lowest BCUT2D eigenvalue weighted by atomic mass is 10.1. The minimum atomic E-state index is -1.43. The Morgan fingerprint density at radius 3 is 2.35 bits per heavy atom. The molecule has 0 radical (unpaired) electrons. The summed E-state index contributed by atoms with van der Waals surface area (Å²) in [5.74, 6) is -0.764. The molecule has 1 aliphatic heterocycles. The van der Waals surface area contributed by atoms with Crippen molar-refractivity contribution in [3.63, 3.8) is 0 Å². The summed E-state index contributed by atoms with van der Waals surface area (Å²) in [6, 6.07) is 15.0. The summed E-state index contributed by atoms with van der Waals surface area (Å²) in [4.78, 5) is 25.6. The molecule has 1 fully saturated rings. The van der Waals surface area contributed by atoms with Crippen LogP contribution in [-0.2, 0) is 11.0 Å². The highest BCUT2D eigenvalue weighted by molar-refractivity contribution is 7.83. The number of rotatable bonds is 8. The van der Waals surface area contributed by atoms with Crippen molar-refractivity contribution >= 4 is 45.8 Å². The molecule has 1 unspecified atom stereocenters. The lowest BCUT2D eigenvalue weighted by molar-refractivity contribution is 0.0697. The molecule has 1 aliphatic rings. The average Bonchev–Trinajstić information content (AvgIpc) is 2.84. The first-order valence-electron chi connectivity index (χ1n) is 12.0. The van der Waals surface area contributed by atoms with E-state index in [0.29, 0.717) is 10.6 Å². The zero-order chi connectivity index (χ0) is 26.6. The van der Waals surface area contributed by atoms with Crippen LogP contribution in [0.1, 0.15) is 31.1 Å². The third-order valence-electron chi connectivity index (χ3n) is 5.72. The van der Waals surface area contributed by atoms with Crippen LogP contribution in [0.5, 0.6) is 0 Å². The highest BCUT2D eigenvalue weighted by atomic mass is 32.2. The first-order chi connectivity index (χ1) is 17.6. The Morgan fingerprint density at radius 1 is 1.00 bits per heavy atom. The van der Waals surface area contributed by atoms with Crippen molar-refractivity contribution in [3.8, 4) is 0 Å². The molecule has 0 spiro atoms. The molecule has 3 aromatic rings. The summed E-state index contributed by atoms with van der Waals surface area (Å²) in [6.07, 6.45) is 1.27. The van der Waals surface area contributed by atoms with Gasteiger partial charge in [-0.25, -0.2) is 18.7 Å². The van der Waals surface area contributed by atoms with Gasteiger partial charge in [-0.2, -0.15) is 4.98 Å². The third kappa shape index (κ3) is 7.25. The second kappa shape index (κ2) is 11.2. The SMILES string of the molecule is CN1CCN(c2ccc(Nc3ncc(C(=O)O)c(Nc4cccc(S(=O)NC(C)(C)C)c4)n3)cc2)CC1. The van der Waals surface area contributed by atoms with Crippen molar-refractivity contribution in [2.24, 2.45) is 0 Å². The van der Waals surface area contributed by atoms with E-state index in [1.807, 2.05) is 32.9 Å². The Kier molecular flexibility index (Phi) is 8.06. The molecule has 0 saturated carbocycles. The van der Waals surface area contributed by atoms with E-state index < -0.39 is 17.0 Å². The standard InChI is InChI=1S/C26H33N7O3S/c1-26(2,3)31-37(36)21-7-5-6-19(16-21)28-23-22(24(34)35)17-27-25(30-23)29-18-8-10-20(11-9-18)33-14-12-32(4)13-15-33/h5-11,16-17,31H,12-15H2,1-4H3,(H,34,35)(H2,27,28,29,30). The Hall–Kier alpha value is -3.54. The van der Waals surface area contributed by atoms with Gasteiger partial charge in [0.05, 0.1) is 4.90 Å². The number of carboxylic acids is 1. The number of nitrogens with zero attached hydrogens (tertiary/aromatic N) is 4. The first kappa shape index (κ1) is 26.5. The molecular weight excluding hydrogens is 490 g/mol. The van der Waals surface area contributed by atoms with Gasteiger partial charge in [-0.05, 0) is 70.3 Å². The van der Waals surface area contributed by atoms with Gasteiger partial charge in [0, 0.05) is 55.0 Å². The monoisotopic (exact) mass is 523 g/mol.